The van der Waals surface area contributed by atoms with Gasteiger partial charge in [0.2, 0.25) is 5.91 Å². The molecule has 0 heterocycles. The van der Waals surface area contributed by atoms with Crippen molar-refractivity contribution in [2.45, 2.75) is 32.2 Å². The number of likely N-dealkylation sites (N-methyl/N-ethyl adjacent to an activating group) is 1. The van der Waals surface area contributed by atoms with Crippen molar-refractivity contribution in [3.05, 3.63) is 12.2 Å². The number of primary amides is 1. The molecule has 1 amide bonds. The summed E-state index contributed by atoms with van der Waals surface area (Å²) in [5.74, 6) is -1.62. The van der Waals surface area contributed by atoms with E-state index in [0.717, 1.165) is 12.8 Å². The fraction of sp³-hybridized carbons (Fsp3) is 0.733. The average molecular weight is 414 g/mol. The number of unbranched alkanes of at least 4 members (excludes halogenated alkanes) is 1. The van der Waals surface area contributed by atoms with Gasteiger partial charge in [0.15, 0.2) is 0 Å². The van der Waals surface area contributed by atoms with Crippen LogP contribution >= 0.6 is 7.82 Å². The molecule has 0 aromatic heterocycles. The first kappa shape index (κ1) is 30.4. The fourth-order valence-electron chi connectivity index (χ4n) is 1.06. The van der Waals surface area contributed by atoms with Crippen LogP contribution in [-0.4, -0.2) is 73.0 Å². The van der Waals surface area contributed by atoms with Crippen LogP contribution in [0.2, 0.25) is 0 Å². The van der Waals surface area contributed by atoms with Gasteiger partial charge in [-0.15, -0.1) is 0 Å². The van der Waals surface area contributed by atoms with Gasteiger partial charge in [0.1, 0.15) is 13.2 Å². The van der Waals surface area contributed by atoms with Crippen LogP contribution in [0.1, 0.15) is 26.2 Å². The van der Waals surface area contributed by atoms with Crippen LogP contribution in [0.5, 0.6) is 0 Å². The van der Waals surface area contributed by atoms with Gasteiger partial charge in [-0.25, -0.2) is 4.57 Å². The van der Waals surface area contributed by atoms with Gasteiger partial charge in [0.25, 0.3) is 0 Å². The van der Waals surface area contributed by atoms with Crippen molar-refractivity contribution in [2.24, 2.45) is 17.2 Å². The maximum Gasteiger partial charge on any atom is 0.469 e. The highest BCUT2D eigenvalue weighted by atomic mass is 31.2. The van der Waals surface area contributed by atoms with E-state index >= 15 is 0 Å². The number of aliphatic carboxylic acids is 1. The normalized spacial score (nSPS) is 12.0. The summed E-state index contributed by atoms with van der Waals surface area (Å²) in [5.41, 5.74) is 15.4. The van der Waals surface area contributed by atoms with E-state index in [-0.39, 0.29) is 6.61 Å². The Kier molecular flexibility index (Phi) is 17.7. The first-order valence-electron chi connectivity index (χ1n) is 8.15. The lowest BCUT2D eigenvalue weighted by Crippen LogP contribution is -2.41. The average Bonchev–Trinajstić information content (AvgIpc) is 2.45. The Morgan fingerprint density at radius 1 is 1.26 bits per heavy atom. The molecule has 0 radical (unpaired) electrons. The number of carbonyl (C=O) groups is 2. The second kappa shape index (κ2) is 15.7. The molecule has 1 atom stereocenters. The lowest BCUT2D eigenvalue weighted by molar-refractivity contribution is -0.870. The number of carboxylic acids is 1. The van der Waals surface area contributed by atoms with Crippen molar-refractivity contribution in [3.8, 4) is 0 Å². The molecular weight excluding hydrogens is 379 g/mol. The first-order chi connectivity index (χ1) is 12.0. The third-order valence-corrected chi connectivity index (χ3v) is 3.23. The van der Waals surface area contributed by atoms with E-state index in [1.807, 2.05) is 21.1 Å². The number of hydrogen-bond acceptors (Lipinski definition) is 7. The molecule has 12 heteroatoms. The third-order valence-electron chi connectivity index (χ3n) is 2.71. The smallest absolute Gasteiger partial charge is 0.469 e. The lowest BCUT2D eigenvalue weighted by atomic mass is 10.1. The van der Waals surface area contributed by atoms with E-state index in [1.54, 1.807) is 6.92 Å². The minimum Gasteiger partial charge on any atom is -0.548 e. The highest BCUT2D eigenvalue weighted by Crippen LogP contribution is 2.35. The quantitative estimate of drug-likeness (QED) is 0.116. The van der Waals surface area contributed by atoms with Crippen molar-refractivity contribution >= 4 is 19.7 Å². The van der Waals surface area contributed by atoms with E-state index in [0.29, 0.717) is 29.6 Å². The van der Waals surface area contributed by atoms with E-state index in [9.17, 15) is 19.3 Å². The predicted molar refractivity (Wildman–Crippen MR) is 101 cm³/mol. The van der Waals surface area contributed by atoms with Crippen LogP contribution in [-0.2, 0) is 18.7 Å². The summed E-state index contributed by atoms with van der Waals surface area (Å²) in [6, 6.07) is -0.827. The van der Waals surface area contributed by atoms with Crippen molar-refractivity contribution in [3.63, 3.8) is 0 Å². The van der Waals surface area contributed by atoms with Crippen LogP contribution in [0, 0.1) is 0 Å². The Morgan fingerprint density at radius 3 is 1.96 bits per heavy atom. The zero-order valence-electron chi connectivity index (χ0n) is 16.6. The molecular formula is C15H35N4O7P. The number of quaternary nitrogens is 1. The van der Waals surface area contributed by atoms with Crippen LogP contribution in [0.4, 0.5) is 0 Å². The number of carboxylic acid groups (broad SMARTS) is 1. The highest BCUT2D eigenvalue weighted by Gasteiger charge is 2.15. The zero-order valence-corrected chi connectivity index (χ0v) is 17.5. The highest BCUT2D eigenvalue weighted by molar-refractivity contribution is 7.46. The Morgan fingerprint density at radius 2 is 1.70 bits per heavy atom. The third kappa shape index (κ3) is 32.8. The second-order valence-corrected chi connectivity index (χ2v) is 7.93. The number of rotatable bonds is 10. The minimum absolute atomic E-state index is 0.0772. The molecule has 0 rings (SSSR count). The Labute approximate surface area is 161 Å². The molecule has 0 spiro atoms. The number of phosphoric acid groups is 1. The molecule has 0 aliphatic heterocycles. The summed E-state index contributed by atoms with van der Waals surface area (Å²) in [4.78, 5) is 36.4. The largest absolute Gasteiger partial charge is 0.548 e. The minimum atomic E-state index is -4.26. The van der Waals surface area contributed by atoms with Crippen LogP contribution < -0.4 is 22.3 Å². The fourth-order valence-corrected chi connectivity index (χ4v) is 1.38. The van der Waals surface area contributed by atoms with Crippen molar-refractivity contribution in [1.29, 1.82) is 0 Å². The summed E-state index contributed by atoms with van der Waals surface area (Å²) in [6.07, 6.45) is 2.03. The second-order valence-electron chi connectivity index (χ2n) is 6.69. The SMILES string of the molecule is C=C(C)C(N)=O.C[N+](C)(C)CCOP(=O)(O)O.NCCCC[C@H](N)C(=O)[O-]. The van der Waals surface area contributed by atoms with Gasteiger partial charge in [-0.1, -0.05) is 13.0 Å². The standard InChI is InChI=1S/C6H14N2O2.C5H14NO4P.C4H7NO/c7-4-2-1-3-5(8)6(9)10;1-6(2,3)4-5-10-11(7,8)9;1-3(2)4(5)6/h5H,1-4,7-8H2,(H,9,10);4-5H2,1-3H3,(H-,7,8,9);1H2,2H3,(H2,5,6)/t5-;;/m0../s1. The van der Waals surface area contributed by atoms with E-state index in [2.05, 4.69) is 11.1 Å². The van der Waals surface area contributed by atoms with Gasteiger partial charge in [-0.3, -0.25) is 9.32 Å². The maximum atomic E-state index is 10.2. The molecule has 0 aliphatic carbocycles. The van der Waals surface area contributed by atoms with Crippen molar-refractivity contribution in [1.82, 2.24) is 0 Å². The zero-order chi connectivity index (χ0) is 22.3. The summed E-state index contributed by atoms with van der Waals surface area (Å²) in [6.45, 7) is 6.09. The topological polar surface area (TPSA) is 202 Å². The summed E-state index contributed by atoms with van der Waals surface area (Å²) >= 11 is 0. The predicted octanol–water partition coefficient (Wildman–Crippen LogP) is -1.96. The van der Waals surface area contributed by atoms with Gasteiger partial charge in [0, 0.05) is 11.6 Å². The number of hydrogen-bond donors (Lipinski definition) is 5. The van der Waals surface area contributed by atoms with Crippen molar-refractivity contribution in [2.75, 3.05) is 40.8 Å². The van der Waals surface area contributed by atoms with E-state index in [1.165, 1.54) is 0 Å². The van der Waals surface area contributed by atoms with E-state index in [4.69, 9.17) is 27.0 Å². The molecule has 11 nitrogen and oxygen atoms in total. The summed E-state index contributed by atoms with van der Waals surface area (Å²) < 4.78 is 15.1. The van der Waals surface area contributed by atoms with Crippen LogP contribution in [0.3, 0.4) is 0 Å². The molecule has 0 saturated carbocycles. The first-order valence-corrected chi connectivity index (χ1v) is 9.69. The van der Waals surface area contributed by atoms with Crippen LogP contribution in [0.25, 0.3) is 0 Å². The summed E-state index contributed by atoms with van der Waals surface area (Å²) in [7, 11) is 1.50. The molecule has 0 saturated heterocycles. The molecule has 27 heavy (non-hydrogen) atoms. The number of carbonyl (C=O) groups excluding carboxylic acids is 2. The molecule has 0 bridgehead atoms. The van der Waals surface area contributed by atoms with Gasteiger partial charge in [-0.05, 0) is 26.3 Å². The van der Waals surface area contributed by atoms with Gasteiger partial charge in [0.05, 0.1) is 27.1 Å². The monoisotopic (exact) mass is 414 g/mol. The van der Waals surface area contributed by atoms with E-state index < -0.39 is 25.7 Å². The number of nitrogens with two attached hydrogens (primary N) is 3. The van der Waals surface area contributed by atoms with Gasteiger partial charge >= 0.3 is 7.82 Å². The van der Waals surface area contributed by atoms with Gasteiger partial charge in [-0.2, -0.15) is 0 Å². The Hall–Kier alpha value is -1.33. The molecule has 162 valence electrons. The lowest BCUT2D eigenvalue weighted by Gasteiger charge is -2.23. The molecule has 0 aromatic rings. The number of amides is 1. The molecule has 0 fully saturated rings. The summed E-state index contributed by atoms with van der Waals surface area (Å²) in [5, 5.41) is 10.0. The number of nitrogens with zero attached hydrogens (tertiary/aromatic N) is 1. The number of phosphoric ester groups is 1. The maximum absolute atomic E-state index is 10.2. The Balaban J connectivity index is -0.000000334. The molecule has 0 unspecified atom stereocenters. The molecule has 0 aromatic carbocycles. The van der Waals surface area contributed by atoms with Crippen LogP contribution in [0.15, 0.2) is 12.2 Å². The van der Waals surface area contributed by atoms with Crippen molar-refractivity contribution < 1.29 is 38.1 Å². The molecule has 0 aliphatic rings. The van der Waals surface area contributed by atoms with Gasteiger partial charge < -0.3 is 41.4 Å². The molecule has 8 N–H and O–H groups in total. The Bertz CT molecular complexity index is 477.